The summed E-state index contributed by atoms with van der Waals surface area (Å²) in [5.41, 5.74) is -0.584. The molecular formula is C12H16N2O4. The molecule has 0 radical (unpaired) electrons. The topological polar surface area (TPSA) is 86.7 Å². The van der Waals surface area contributed by atoms with Crippen LogP contribution in [0.4, 0.5) is 11.4 Å². The molecule has 0 bridgehead atoms. The summed E-state index contributed by atoms with van der Waals surface area (Å²) in [5, 5.41) is 12.2. The molecule has 0 saturated carbocycles. The van der Waals surface area contributed by atoms with Gasteiger partial charge in [-0.25, -0.2) is 4.79 Å². The standard InChI is InChI=1S/C12H16N2O4/c1-6(2)8(12(17)18)14-5-3-4-13-7-9(14)11(16)10(7)15/h6,8,13H,3-5H2,1-2H3,(H,17,18). The maximum absolute atomic E-state index is 11.6. The summed E-state index contributed by atoms with van der Waals surface area (Å²) >= 11 is 0. The zero-order valence-corrected chi connectivity index (χ0v) is 10.4. The van der Waals surface area contributed by atoms with Gasteiger partial charge in [0.1, 0.15) is 17.4 Å². The summed E-state index contributed by atoms with van der Waals surface area (Å²) in [7, 11) is 0. The van der Waals surface area contributed by atoms with Crippen molar-refractivity contribution in [2.24, 2.45) is 5.92 Å². The molecular weight excluding hydrogens is 236 g/mol. The van der Waals surface area contributed by atoms with Crippen LogP contribution in [0, 0.1) is 5.92 Å². The van der Waals surface area contributed by atoms with E-state index in [1.165, 1.54) is 0 Å². The highest BCUT2D eigenvalue weighted by molar-refractivity contribution is 5.84. The van der Waals surface area contributed by atoms with Gasteiger partial charge in [0.25, 0.3) is 10.9 Å². The Balaban J connectivity index is 2.45. The molecule has 2 N–H and O–H groups in total. The molecule has 0 aromatic heterocycles. The Morgan fingerprint density at radius 2 is 2.00 bits per heavy atom. The quantitative estimate of drug-likeness (QED) is 0.737. The van der Waals surface area contributed by atoms with Crippen LogP contribution in [0.3, 0.4) is 0 Å². The van der Waals surface area contributed by atoms with Crippen LogP contribution in [0.1, 0.15) is 20.3 Å². The van der Waals surface area contributed by atoms with Gasteiger partial charge in [0.15, 0.2) is 0 Å². The van der Waals surface area contributed by atoms with E-state index in [4.69, 9.17) is 0 Å². The first-order valence-corrected chi connectivity index (χ1v) is 6.01. The number of nitrogens with one attached hydrogen (secondary N) is 1. The lowest BCUT2D eigenvalue weighted by Gasteiger charge is -2.33. The first-order valence-electron chi connectivity index (χ1n) is 6.01. The number of anilines is 2. The first kappa shape index (κ1) is 12.6. The SMILES string of the molecule is CC(C)C(C(=O)O)N1CCCNc2c1c(=O)c2=O. The fourth-order valence-electron chi connectivity index (χ4n) is 2.45. The van der Waals surface area contributed by atoms with E-state index in [1.807, 2.05) is 0 Å². The Morgan fingerprint density at radius 1 is 1.33 bits per heavy atom. The van der Waals surface area contributed by atoms with Crippen LogP contribution in [0.15, 0.2) is 9.59 Å². The van der Waals surface area contributed by atoms with Gasteiger partial charge in [-0.1, -0.05) is 13.8 Å². The molecule has 1 unspecified atom stereocenters. The Bertz CT molecular complexity index is 542. The van der Waals surface area contributed by atoms with Gasteiger partial charge in [0.05, 0.1) is 0 Å². The predicted molar refractivity (Wildman–Crippen MR) is 68.1 cm³/mol. The molecule has 1 aromatic carbocycles. The van der Waals surface area contributed by atoms with Crippen LogP contribution in [-0.4, -0.2) is 30.2 Å². The lowest BCUT2D eigenvalue weighted by molar-refractivity contribution is -0.139. The van der Waals surface area contributed by atoms with E-state index >= 15 is 0 Å². The number of carbonyl (C=O) groups is 1. The number of fused-ring (bicyclic) bond motifs is 1. The average molecular weight is 252 g/mol. The van der Waals surface area contributed by atoms with Gasteiger partial charge < -0.3 is 15.3 Å². The van der Waals surface area contributed by atoms with Crippen molar-refractivity contribution in [2.45, 2.75) is 26.3 Å². The van der Waals surface area contributed by atoms with Crippen molar-refractivity contribution in [2.75, 3.05) is 23.3 Å². The molecule has 0 amide bonds. The molecule has 0 saturated heterocycles. The summed E-state index contributed by atoms with van der Waals surface area (Å²) in [6.07, 6.45) is 0.698. The van der Waals surface area contributed by atoms with Gasteiger partial charge in [0.2, 0.25) is 0 Å². The number of hydrogen-bond acceptors (Lipinski definition) is 5. The van der Waals surface area contributed by atoms with Gasteiger partial charge in [-0.2, -0.15) is 0 Å². The minimum atomic E-state index is -0.967. The second kappa shape index (κ2) is 4.44. The lowest BCUT2D eigenvalue weighted by Crippen LogP contribution is -2.50. The largest absolute Gasteiger partial charge is 0.480 e. The van der Waals surface area contributed by atoms with E-state index in [-0.39, 0.29) is 17.3 Å². The maximum Gasteiger partial charge on any atom is 0.326 e. The maximum atomic E-state index is 11.6. The highest BCUT2D eigenvalue weighted by atomic mass is 16.4. The first-order chi connectivity index (χ1) is 8.45. The van der Waals surface area contributed by atoms with Crippen LogP contribution in [0.5, 0.6) is 0 Å². The molecule has 1 aliphatic rings. The van der Waals surface area contributed by atoms with Crippen LogP contribution in [0.25, 0.3) is 0 Å². The van der Waals surface area contributed by atoms with E-state index < -0.39 is 22.9 Å². The monoisotopic (exact) mass is 252 g/mol. The lowest BCUT2D eigenvalue weighted by atomic mass is 10.0. The Kier molecular flexibility index (Phi) is 3.11. The van der Waals surface area contributed by atoms with Crippen LogP contribution >= 0.6 is 0 Å². The van der Waals surface area contributed by atoms with E-state index in [1.54, 1.807) is 18.7 Å². The second-order valence-corrected chi connectivity index (χ2v) is 4.88. The summed E-state index contributed by atoms with van der Waals surface area (Å²) in [4.78, 5) is 35.9. The molecule has 0 fully saturated rings. The highest BCUT2D eigenvalue weighted by Gasteiger charge is 2.36. The molecule has 6 heteroatoms. The van der Waals surface area contributed by atoms with Crippen molar-refractivity contribution in [1.29, 1.82) is 0 Å². The predicted octanol–water partition coefficient (Wildman–Crippen LogP) is 0.0138. The Hall–Kier alpha value is -1.85. The smallest absolute Gasteiger partial charge is 0.326 e. The van der Waals surface area contributed by atoms with Gasteiger partial charge in [-0.05, 0) is 12.3 Å². The summed E-state index contributed by atoms with van der Waals surface area (Å²) in [5.74, 6) is -1.11. The summed E-state index contributed by atoms with van der Waals surface area (Å²) in [6, 6.07) is -0.771. The van der Waals surface area contributed by atoms with Gasteiger partial charge in [0, 0.05) is 13.1 Å². The third kappa shape index (κ3) is 1.77. The number of carboxylic acids is 1. The number of nitrogens with zero attached hydrogens (tertiary/aromatic N) is 1. The third-order valence-electron chi connectivity index (χ3n) is 3.27. The molecule has 0 aliphatic carbocycles. The van der Waals surface area contributed by atoms with E-state index in [2.05, 4.69) is 5.32 Å². The number of aliphatic carboxylic acids is 1. The fourth-order valence-corrected chi connectivity index (χ4v) is 2.45. The average Bonchev–Trinajstić information content (AvgIpc) is 2.48. The summed E-state index contributed by atoms with van der Waals surface area (Å²) in [6.45, 7) is 4.64. The highest BCUT2D eigenvalue weighted by Crippen LogP contribution is 2.27. The molecule has 0 spiro atoms. The molecule has 1 heterocycles. The van der Waals surface area contributed by atoms with Crippen molar-refractivity contribution in [3.05, 3.63) is 20.4 Å². The molecule has 98 valence electrons. The normalized spacial score (nSPS) is 17.2. The Morgan fingerprint density at radius 3 is 2.56 bits per heavy atom. The van der Waals surface area contributed by atoms with Crippen LogP contribution in [0.2, 0.25) is 0 Å². The third-order valence-corrected chi connectivity index (χ3v) is 3.27. The Labute approximate surface area is 104 Å². The number of hydrogen-bond donors (Lipinski definition) is 2. The summed E-state index contributed by atoms with van der Waals surface area (Å²) < 4.78 is 0. The van der Waals surface area contributed by atoms with Gasteiger partial charge in [-0.3, -0.25) is 9.59 Å². The number of rotatable bonds is 3. The molecule has 1 aliphatic heterocycles. The fraction of sp³-hybridized carbons (Fsp3) is 0.583. The second-order valence-electron chi connectivity index (χ2n) is 4.88. The van der Waals surface area contributed by atoms with Crippen molar-refractivity contribution in [3.8, 4) is 0 Å². The molecule has 1 aromatic rings. The van der Waals surface area contributed by atoms with Crippen molar-refractivity contribution in [1.82, 2.24) is 0 Å². The molecule has 2 rings (SSSR count). The van der Waals surface area contributed by atoms with Crippen molar-refractivity contribution >= 4 is 17.3 Å². The molecule has 1 atom stereocenters. The zero-order chi connectivity index (χ0) is 13.4. The van der Waals surface area contributed by atoms with Crippen LogP contribution < -0.4 is 21.1 Å². The van der Waals surface area contributed by atoms with Crippen molar-refractivity contribution in [3.63, 3.8) is 0 Å². The number of carboxylic acid groups (broad SMARTS) is 1. The minimum Gasteiger partial charge on any atom is -0.480 e. The van der Waals surface area contributed by atoms with Gasteiger partial charge >= 0.3 is 5.97 Å². The zero-order valence-electron chi connectivity index (χ0n) is 10.4. The van der Waals surface area contributed by atoms with Crippen LogP contribution in [-0.2, 0) is 4.79 Å². The van der Waals surface area contributed by atoms with E-state index in [0.29, 0.717) is 19.5 Å². The van der Waals surface area contributed by atoms with Gasteiger partial charge in [-0.15, -0.1) is 0 Å². The van der Waals surface area contributed by atoms with Crippen molar-refractivity contribution < 1.29 is 9.90 Å². The molecule has 6 nitrogen and oxygen atoms in total. The van der Waals surface area contributed by atoms with E-state index in [0.717, 1.165) is 0 Å². The van der Waals surface area contributed by atoms with E-state index in [9.17, 15) is 19.5 Å². The minimum absolute atomic E-state index is 0.141. The molecule has 18 heavy (non-hydrogen) atoms.